The smallest absolute Gasteiger partial charge is 0.255 e. The lowest BCUT2D eigenvalue weighted by atomic mass is 10.1. The first kappa shape index (κ1) is 16.7. The second kappa shape index (κ2) is 7.15. The molecule has 1 N–H and O–H groups in total. The zero-order valence-corrected chi connectivity index (χ0v) is 14.9. The topological polar surface area (TPSA) is 59.1 Å². The fraction of sp³-hybridized carbons (Fsp3) is 0.167. The molecular weight excluding hydrogens is 340 g/mol. The first-order valence-electron chi connectivity index (χ1n) is 7.71. The molecule has 0 radical (unpaired) electrons. The third-order valence-corrected chi connectivity index (χ3v) is 5.81. The van der Waals surface area contributed by atoms with E-state index in [4.69, 9.17) is 0 Å². The summed E-state index contributed by atoms with van der Waals surface area (Å²) in [7, 11) is -3.62. The van der Waals surface area contributed by atoms with Crippen LogP contribution in [0, 0.1) is 0 Å². The van der Waals surface area contributed by atoms with Crippen LogP contribution in [-0.2, 0) is 16.4 Å². The number of rotatable bonds is 6. The summed E-state index contributed by atoms with van der Waals surface area (Å²) in [4.78, 5) is 4.62. The van der Waals surface area contributed by atoms with E-state index in [9.17, 15) is 8.42 Å². The molecule has 0 saturated carbocycles. The Morgan fingerprint density at radius 3 is 2.42 bits per heavy atom. The van der Waals surface area contributed by atoms with Crippen molar-refractivity contribution in [3.63, 3.8) is 0 Å². The number of benzene rings is 2. The van der Waals surface area contributed by atoms with Gasteiger partial charge in [-0.15, -0.1) is 11.3 Å². The molecule has 0 spiro atoms. The SMILES string of the molecule is CCCc1ccc(S(=O)(=O)Nc2nc(-c3ccccc3)cs2)cc1. The van der Waals surface area contributed by atoms with Gasteiger partial charge in [-0.3, -0.25) is 4.72 Å². The summed E-state index contributed by atoms with van der Waals surface area (Å²) in [5.74, 6) is 0. The van der Waals surface area contributed by atoms with Crippen LogP contribution in [0.5, 0.6) is 0 Å². The van der Waals surface area contributed by atoms with Crippen molar-refractivity contribution in [1.82, 2.24) is 4.98 Å². The standard InChI is InChI=1S/C18H18N2O2S2/c1-2-6-14-9-11-16(12-10-14)24(21,22)20-18-19-17(13-23-18)15-7-4-3-5-8-15/h3-5,7-13H,2,6H2,1H3,(H,19,20). The first-order chi connectivity index (χ1) is 11.6. The molecule has 1 heterocycles. The Bertz CT molecular complexity index is 902. The van der Waals surface area contributed by atoms with E-state index < -0.39 is 10.0 Å². The fourth-order valence-electron chi connectivity index (χ4n) is 2.36. The lowest BCUT2D eigenvalue weighted by molar-refractivity contribution is 0.601. The molecule has 1 aromatic heterocycles. The average Bonchev–Trinajstić information content (AvgIpc) is 3.04. The van der Waals surface area contributed by atoms with Gasteiger partial charge in [0, 0.05) is 10.9 Å². The summed E-state index contributed by atoms with van der Waals surface area (Å²) in [6.07, 6.45) is 1.98. The number of nitrogens with one attached hydrogen (secondary N) is 1. The Kier molecular flexibility index (Phi) is 4.97. The van der Waals surface area contributed by atoms with Gasteiger partial charge in [-0.1, -0.05) is 55.8 Å². The van der Waals surface area contributed by atoms with E-state index in [1.165, 1.54) is 11.3 Å². The van der Waals surface area contributed by atoms with Crippen LogP contribution in [0.15, 0.2) is 64.9 Å². The monoisotopic (exact) mass is 358 g/mol. The van der Waals surface area contributed by atoms with Crippen LogP contribution in [0.3, 0.4) is 0 Å². The van der Waals surface area contributed by atoms with Crippen molar-refractivity contribution in [2.24, 2.45) is 0 Å². The maximum absolute atomic E-state index is 12.5. The van der Waals surface area contributed by atoms with Crippen molar-refractivity contribution in [2.45, 2.75) is 24.7 Å². The van der Waals surface area contributed by atoms with Crippen LogP contribution in [0.1, 0.15) is 18.9 Å². The number of nitrogens with zero attached hydrogens (tertiary/aromatic N) is 1. The predicted octanol–water partition coefficient (Wildman–Crippen LogP) is 4.56. The van der Waals surface area contributed by atoms with Crippen molar-refractivity contribution in [3.05, 3.63) is 65.5 Å². The normalized spacial score (nSPS) is 11.4. The van der Waals surface area contributed by atoms with Crippen LogP contribution >= 0.6 is 11.3 Å². The van der Waals surface area contributed by atoms with E-state index in [1.54, 1.807) is 12.1 Å². The molecule has 0 atom stereocenters. The summed E-state index contributed by atoms with van der Waals surface area (Å²) in [6.45, 7) is 2.10. The molecule has 0 fully saturated rings. The molecule has 0 saturated heterocycles. The minimum Gasteiger partial charge on any atom is -0.255 e. The summed E-state index contributed by atoms with van der Waals surface area (Å²) in [5.41, 5.74) is 2.86. The lowest BCUT2D eigenvalue weighted by Crippen LogP contribution is -2.12. The Morgan fingerprint density at radius 1 is 1.04 bits per heavy atom. The van der Waals surface area contributed by atoms with Crippen molar-refractivity contribution >= 4 is 26.5 Å². The summed E-state index contributed by atoms with van der Waals surface area (Å²) in [6, 6.07) is 16.7. The molecule has 6 heteroatoms. The summed E-state index contributed by atoms with van der Waals surface area (Å²) in [5, 5.41) is 2.21. The van der Waals surface area contributed by atoms with Crippen LogP contribution < -0.4 is 4.72 Å². The molecule has 3 rings (SSSR count). The third kappa shape index (κ3) is 3.83. The number of hydrogen-bond donors (Lipinski definition) is 1. The number of hydrogen-bond acceptors (Lipinski definition) is 4. The van der Waals surface area contributed by atoms with E-state index in [0.29, 0.717) is 5.13 Å². The molecule has 124 valence electrons. The summed E-state index contributed by atoms with van der Waals surface area (Å²) < 4.78 is 27.5. The molecule has 0 aliphatic rings. The maximum Gasteiger partial charge on any atom is 0.263 e. The minimum atomic E-state index is -3.62. The second-order valence-corrected chi connectivity index (χ2v) is 7.94. The van der Waals surface area contributed by atoms with Gasteiger partial charge in [-0.25, -0.2) is 13.4 Å². The highest BCUT2D eigenvalue weighted by molar-refractivity contribution is 7.93. The van der Waals surface area contributed by atoms with Crippen molar-refractivity contribution in [3.8, 4) is 11.3 Å². The van der Waals surface area contributed by atoms with Crippen LogP contribution in [0.25, 0.3) is 11.3 Å². The fourth-order valence-corrected chi connectivity index (χ4v) is 4.33. The van der Waals surface area contributed by atoms with Gasteiger partial charge in [0.1, 0.15) is 0 Å². The van der Waals surface area contributed by atoms with Gasteiger partial charge >= 0.3 is 0 Å². The van der Waals surface area contributed by atoms with E-state index in [1.807, 2.05) is 47.8 Å². The molecule has 2 aromatic carbocycles. The van der Waals surface area contributed by atoms with E-state index in [-0.39, 0.29) is 4.90 Å². The highest BCUT2D eigenvalue weighted by atomic mass is 32.2. The number of thiazole rings is 1. The molecule has 0 aliphatic carbocycles. The zero-order valence-electron chi connectivity index (χ0n) is 13.3. The predicted molar refractivity (Wildman–Crippen MR) is 98.8 cm³/mol. The van der Waals surface area contributed by atoms with Gasteiger partial charge < -0.3 is 0 Å². The van der Waals surface area contributed by atoms with Crippen LogP contribution in [0.2, 0.25) is 0 Å². The zero-order chi connectivity index (χ0) is 17.0. The van der Waals surface area contributed by atoms with E-state index in [2.05, 4.69) is 16.6 Å². The molecule has 0 bridgehead atoms. The Labute approximate surface area is 146 Å². The first-order valence-corrected chi connectivity index (χ1v) is 10.1. The quantitative estimate of drug-likeness (QED) is 0.702. The minimum absolute atomic E-state index is 0.249. The van der Waals surface area contributed by atoms with E-state index in [0.717, 1.165) is 29.7 Å². The van der Waals surface area contributed by atoms with Crippen molar-refractivity contribution < 1.29 is 8.42 Å². The molecule has 0 unspecified atom stereocenters. The van der Waals surface area contributed by atoms with Gasteiger partial charge in [0.25, 0.3) is 10.0 Å². The lowest BCUT2D eigenvalue weighted by Gasteiger charge is -2.06. The van der Waals surface area contributed by atoms with Gasteiger partial charge in [0.2, 0.25) is 0 Å². The third-order valence-electron chi connectivity index (χ3n) is 3.57. The average molecular weight is 358 g/mol. The Morgan fingerprint density at radius 2 is 1.75 bits per heavy atom. The highest BCUT2D eigenvalue weighted by Crippen LogP contribution is 2.26. The van der Waals surface area contributed by atoms with Gasteiger partial charge in [0.05, 0.1) is 10.6 Å². The number of aryl methyl sites for hydroxylation is 1. The maximum atomic E-state index is 12.5. The Hall–Kier alpha value is -2.18. The van der Waals surface area contributed by atoms with E-state index >= 15 is 0 Å². The largest absolute Gasteiger partial charge is 0.263 e. The second-order valence-electron chi connectivity index (χ2n) is 5.40. The molecular formula is C18H18N2O2S2. The molecule has 3 aromatic rings. The number of aromatic nitrogens is 1. The van der Waals surface area contributed by atoms with Crippen molar-refractivity contribution in [2.75, 3.05) is 4.72 Å². The number of anilines is 1. The Balaban J connectivity index is 1.78. The van der Waals surface area contributed by atoms with Gasteiger partial charge in [0.15, 0.2) is 5.13 Å². The molecule has 4 nitrogen and oxygen atoms in total. The van der Waals surface area contributed by atoms with Crippen LogP contribution in [0.4, 0.5) is 5.13 Å². The summed E-state index contributed by atoms with van der Waals surface area (Å²) >= 11 is 1.28. The molecule has 24 heavy (non-hydrogen) atoms. The molecule has 0 aliphatic heterocycles. The van der Waals surface area contributed by atoms with Gasteiger partial charge in [-0.05, 0) is 24.1 Å². The highest BCUT2D eigenvalue weighted by Gasteiger charge is 2.16. The van der Waals surface area contributed by atoms with Gasteiger partial charge in [-0.2, -0.15) is 0 Å². The van der Waals surface area contributed by atoms with Crippen LogP contribution in [-0.4, -0.2) is 13.4 Å². The number of sulfonamides is 1. The van der Waals surface area contributed by atoms with Crippen molar-refractivity contribution in [1.29, 1.82) is 0 Å². The molecule has 0 amide bonds.